The maximum absolute atomic E-state index is 11.8. The Morgan fingerprint density at radius 1 is 1.41 bits per heavy atom. The summed E-state index contributed by atoms with van der Waals surface area (Å²) < 4.78 is 1.08. The quantitative estimate of drug-likeness (QED) is 0.676. The summed E-state index contributed by atoms with van der Waals surface area (Å²) in [4.78, 5) is 34.0. The third-order valence-electron chi connectivity index (χ3n) is 2.38. The van der Waals surface area contributed by atoms with Crippen LogP contribution in [-0.2, 0) is 11.8 Å². The van der Waals surface area contributed by atoms with Gasteiger partial charge in [0, 0.05) is 7.05 Å². The summed E-state index contributed by atoms with van der Waals surface area (Å²) in [7, 11) is 1.46. The molecule has 0 bridgehead atoms. The highest BCUT2D eigenvalue weighted by Gasteiger charge is 2.17. The van der Waals surface area contributed by atoms with Gasteiger partial charge in [0.15, 0.2) is 0 Å². The molecule has 2 amide bonds. The lowest BCUT2D eigenvalue weighted by Crippen LogP contribution is -2.38. The van der Waals surface area contributed by atoms with Gasteiger partial charge in [0.25, 0.3) is 11.5 Å². The number of primary amides is 1. The molecule has 0 saturated carbocycles. The average molecular weight is 238 g/mol. The van der Waals surface area contributed by atoms with E-state index in [2.05, 4.69) is 10.4 Å². The average Bonchev–Trinajstić information content (AvgIpc) is 2.24. The number of hydrogen-bond acceptors (Lipinski definition) is 4. The van der Waals surface area contributed by atoms with E-state index in [1.54, 1.807) is 13.8 Å². The first-order valence-electron chi connectivity index (χ1n) is 4.95. The lowest BCUT2D eigenvalue weighted by Gasteiger charge is -2.09. The van der Waals surface area contributed by atoms with Gasteiger partial charge in [-0.3, -0.25) is 14.4 Å². The van der Waals surface area contributed by atoms with Crippen molar-refractivity contribution in [3.8, 4) is 0 Å². The van der Waals surface area contributed by atoms with Gasteiger partial charge in [-0.1, -0.05) is 0 Å². The van der Waals surface area contributed by atoms with Crippen LogP contribution in [0.1, 0.15) is 21.6 Å². The van der Waals surface area contributed by atoms with Crippen molar-refractivity contribution < 1.29 is 9.59 Å². The fraction of sp³-hybridized carbons (Fsp3) is 0.400. The minimum absolute atomic E-state index is 0.0127. The Morgan fingerprint density at radius 3 is 2.53 bits per heavy atom. The van der Waals surface area contributed by atoms with E-state index in [9.17, 15) is 14.4 Å². The molecule has 0 aliphatic heterocycles. The molecule has 7 nitrogen and oxygen atoms in total. The van der Waals surface area contributed by atoms with Gasteiger partial charge in [0.2, 0.25) is 5.91 Å². The molecule has 0 aromatic carbocycles. The van der Waals surface area contributed by atoms with Crippen molar-refractivity contribution in [2.45, 2.75) is 13.8 Å². The van der Waals surface area contributed by atoms with Crippen molar-refractivity contribution in [1.29, 1.82) is 0 Å². The summed E-state index contributed by atoms with van der Waals surface area (Å²) in [5.41, 5.74) is 5.46. The summed E-state index contributed by atoms with van der Waals surface area (Å²) in [5.74, 6) is -1.29. The van der Waals surface area contributed by atoms with Gasteiger partial charge >= 0.3 is 0 Å². The molecule has 0 spiro atoms. The topological polar surface area (TPSA) is 107 Å². The van der Waals surface area contributed by atoms with Gasteiger partial charge in [-0.05, 0) is 19.4 Å². The summed E-state index contributed by atoms with van der Waals surface area (Å²) in [5, 5.41) is 6.22. The van der Waals surface area contributed by atoms with Crippen molar-refractivity contribution >= 4 is 11.8 Å². The number of aromatic nitrogens is 2. The van der Waals surface area contributed by atoms with Crippen LogP contribution in [0, 0.1) is 13.8 Å². The van der Waals surface area contributed by atoms with Crippen LogP contribution in [0.3, 0.4) is 0 Å². The summed E-state index contributed by atoms with van der Waals surface area (Å²) in [6.45, 7) is 3.02. The second-order valence-corrected chi connectivity index (χ2v) is 3.66. The maximum atomic E-state index is 11.8. The van der Waals surface area contributed by atoms with E-state index in [4.69, 9.17) is 5.73 Å². The minimum atomic E-state index is -0.668. The van der Waals surface area contributed by atoms with Crippen LogP contribution in [-0.4, -0.2) is 28.1 Å². The number of amides is 2. The van der Waals surface area contributed by atoms with Crippen molar-refractivity contribution in [2.24, 2.45) is 12.8 Å². The number of nitrogens with zero attached hydrogens (tertiary/aromatic N) is 2. The minimum Gasteiger partial charge on any atom is -0.368 e. The molecular weight excluding hydrogens is 224 g/mol. The van der Waals surface area contributed by atoms with Gasteiger partial charge in [-0.15, -0.1) is 0 Å². The summed E-state index contributed by atoms with van der Waals surface area (Å²) in [6, 6.07) is 0. The molecule has 0 atom stereocenters. The van der Waals surface area contributed by atoms with Gasteiger partial charge in [0.1, 0.15) is 5.56 Å². The first-order chi connectivity index (χ1) is 7.84. The molecule has 0 aliphatic rings. The molecule has 17 heavy (non-hydrogen) atoms. The van der Waals surface area contributed by atoms with E-state index in [0.717, 1.165) is 4.68 Å². The van der Waals surface area contributed by atoms with Crippen LogP contribution in [0.4, 0.5) is 0 Å². The van der Waals surface area contributed by atoms with Crippen LogP contribution < -0.4 is 16.6 Å². The zero-order chi connectivity index (χ0) is 13.2. The molecule has 3 N–H and O–H groups in total. The van der Waals surface area contributed by atoms with Crippen molar-refractivity contribution in [3.63, 3.8) is 0 Å². The number of carbonyl (C=O) groups excluding carboxylic acids is 2. The fourth-order valence-electron chi connectivity index (χ4n) is 1.37. The normalized spacial score (nSPS) is 10.1. The number of rotatable bonds is 3. The van der Waals surface area contributed by atoms with Crippen LogP contribution in [0.5, 0.6) is 0 Å². The number of nitrogens with two attached hydrogens (primary N) is 1. The molecule has 0 aliphatic carbocycles. The van der Waals surface area contributed by atoms with E-state index in [1.165, 1.54) is 7.05 Å². The molecule has 1 rings (SSSR count). The van der Waals surface area contributed by atoms with Crippen molar-refractivity contribution in [1.82, 2.24) is 15.1 Å². The van der Waals surface area contributed by atoms with Gasteiger partial charge in [0.05, 0.1) is 12.2 Å². The second-order valence-electron chi connectivity index (χ2n) is 3.66. The Kier molecular flexibility index (Phi) is 3.62. The lowest BCUT2D eigenvalue weighted by molar-refractivity contribution is -0.117. The fourth-order valence-corrected chi connectivity index (χ4v) is 1.37. The zero-order valence-corrected chi connectivity index (χ0v) is 9.90. The van der Waals surface area contributed by atoms with Crippen LogP contribution >= 0.6 is 0 Å². The van der Waals surface area contributed by atoms with Crippen molar-refractivity contribution in [3.05, 3.63) is 27.2 Å². The lowest BCUT2D eigenvalue weighted by atomic mass is 10.1. The van der Waals surface area contributed by atoms with Crippen molar-refractivity contribution in [2.75, 3.05) is 6.54 Å². The highest BCUT2D eigenvalue weighted by molar-refractivity contribution is 5.97. The Bertz CT molecular complexity index is 533. The number of aryl methyl sites for hydroxylation is 2. The molecular formula is C10H14N4O3. The molecule has 0 radical (unpaired) electrons. The molecule has 0 saturated heterocycles. The van der Waals surface area contributed by atoms with E-state index in [1.807, 2.05) is 0 Å². The van der Waals surface area contributed by atoms with E-state index >= 15 is 0 Å². The maximum Gasteiger partial charge on any atom is 0.279 e. The predicted octanol–water partition coefficient (Wildman–Crippen LogP) is -1.39. The Morgan fingerprint density at radius 2 is 2.00 bits per heavy atom. The second kappa shape index (κ2) is 4.77. The third kappa shape index (κ3) is 2.68. The molecule has 92 valence electrons. The molecule has 7 heteroatoms. The molecule has 0 unspecified atom stereocenters. The van der Waals surface area contributed by atoms with Crippen LogP contribution in [0.25, 0.3) is 0 Å². The Hall–Kier alpha value is -2.18. The number of nitrogens with one attached hydrogen (secondary N) is 1. The Labute approximate surface area is 97.6 Å². The highest BCUT2D eigenvalue weighted by atomic mass is 16.2. The third-order valence-corrected chi connectivity index (χ3v) is 2.38. The van der Waals surface area contributed by atoms with Gasteiger partial charge < -0.3 is 11.1 Å². The van der Waals surface area contributed by atoms with E-state index in [-0.39, 0.29) is 12.1 Å². The van der Waals surface area contributed by atoms with Gasteiger partial charge in [-0.2, -0.15) is 5.10 Å². The van der Waals surface area contributed by atoms with Gasteiger partial charge in [-0.25, -0.2) is 4.68 Å². The molecule has 1 aromatic heterocycles. The van der Waals surface area contributed by atoms with Crippen LogP contribution in [0.15, 0.2) is 4.79 Å². The zero-order valence-electron chi connectivity index (χ0n) is 9.90. The number of hydrogen-bond donors (Lipinski definition) is 2. The predicted molar refractivity (Wildman–Crippen MR) is 60.5 cm³/mol. The summed E-state index contributed by atoms with van der Waals surface area (Å²) >= 11 is 0. The number of carbonyl (C=O) groups is 2. The standard InChI is InChI=1S/C10H14N4O3/c1-5-6(2)13-14(3)10(17)8(5)9(16)12-4-7(11)15/h4H2,1-3H3,(H2,11,15)(H,12,16). The molecule has 1 aromatic rings. The monoisotopic (exact) mass is 238 g/mol. The molecule has 0 fully saturated rings. The van der Waals surface area contributed by atoms with Crippen LogP contribution in [0.2, 0.25) is 0 Å². The largest absolute Gasteiger partial charge is 0.368 e. The first kappa shape index (κ1) is 12.9. The highest BCUT2D eigenvalue weighted by Crippen LogP contribution is 2.05. The Balaban J connectivity index is 3.17. The SMILES string of the molecule is Cc1nn(C)c(=O)c(C(=O)NCC(N)=O)c1C. The molecule has 1 heterocycles. The van der Waals surface area contributed by atoms with E-state index in [0.29, 0.717) is 11.3 Å². The summed E-state index contributed by atoms with van der Waals surface area (Å²) in [6.07, 6.45) is 0. The smallest absolute Gasteiger partial charge is 0.279 e. The first-order valence-corrected chi connectivity index (χ1v) is 4.95. The van der Waals surface area contributed by atoms with E-state index < -0.39 is 17.4 Å².